The molecule has 1 aromatic carbocycles. The van der Waals surface area contributed by atoms with Crippen molar-refractivity contribution in [1.82, 2.24) is 20.8 Å². The van der Waals surface area contributed by atoms with Crippen molar-refractivity contribution in [3.63, 3.8) is 0 Å². The average Bonchev–Trinajstić information content (AvgIpc) is 3.39. The quantitative estimate of drug-likeness (QED) is 0.461. The number of rotatable bonds is 8. The topological polar surface area (TPSA) is 75.3 Å². The van der Waals surface area contributed by atoms with Crippen LogP contribution in [0, 0.1) is 0 Å². The monoisotopic (exact) mass is 383 g/mol. The molecule has 0 aliphatic heterocycles. The predicted octanol–water partition coefficient (Wildman–Crippen LogP) is 3.31. The third kappa shape index (κ3) is 5.65. The second kappa shape index (κ2) is 9.87. The van der Waals surface area contributed by atoms with Crippen LogP contribution < -0.4 is 10.6 Å². The van der Waals surface area contributed by atoms with Crippen LogP contribution in [0.3, 0.4) is 0 Å². The molecule has 6 nitrogen and oxygen atoms in total. The Bertz CT molecular complexity index is 840. The van der Waals surface area contributed by atoms with Gasteiger partial charge in [0.2, 0.25) is 0 Å². The van der Waals surface area contributed by atoms with E-state index in [-0.39, 0.29) is 0 Å². The number of thiophene rings is 1. The molecule has 7 heteroatoms. The van der Waals surface area contributed by atoms with Crippen LogP contribution in [0.1, 0.15) is 23.2 Å². The molecule has 0 spiro atoms. The van der Waals surface area contributed by atoms with Gasteiger partial charge in [0.05, 0.1) is 0 Å². The molecule has 0 radical (unpaired) electrons. The Labute approximate surface area is 163 Å². The number of guanidine groups is 1. The van der Waals surface area contributed by atoms with Crippen molar-refractivity contribution in [2.24, 2.45) is 4.99 Å². The maximum absolute atomic E-state index is 5.28. The van der Waals surface area contributed by atoms with E-state index in [2.05, 4.69) is 55.4 Å². The fraction of sp³-hybridized carbons (Fsp3) is 0.350. The molecule has 2 heterocycles. The van der Waals surface area contributed by atoms with Gasteiger partial charge in [-0.2, -0.15) is 4.98 Å². The van der Waals surface area contributed by atoms with Gasteiger partial charge in [0.1, 0.15) is 0 Å². The Kier molecular flexibility index (Phi) is 6.98. The van der Waals surface area contributed by atoms with Crippen LogP contribution in [-0.2, 0) is 19.3 Å². The van der Waals surface area contributed by atoms with Gasteiger partial charge in [0.25, 0.3) is 5.89 Å². The second-order valence-electron chi connectivity index (χ2n) is 6.07. The normalized spacial score (nSPS) is 11.6. The summed E-state index contributed by atoms with van der Waals surface area (Å²) in [4.78, 5) is 10.0. The lowest BCUT2D eigenvalue weighted by Gasteiger charge is -2.11. The van der Waals surface area contributed by atoms with Gasteiger partial charge in [0, 0.05) is 37.0 Å². The molecule has 2 N–H and O–H groups in total. The van der Waals surface area contributed by atoms with Crippen LogP contribution in [0.25, 0.3) is 11.5 Å². The third-order valence-electron chi connectivity index (χ3n) is 4.16. The van der Waals surface area contributed by atoms with E-state index in [9.17, 15) is 0 Å². The van der Waals surface area contributed by atoms with Crippen molar-refractivity contribution in [3.8, 4) is 11.5 Å². The second-order valence-corrected chi connectivity index (χ2v) is 7.10. The summed E-state index contributed by atoms with van der Waals surface area (Å²) >= 11 is 1.78. The van der Waals surface area contributed by atoms with E-state index in [4.69, 9.17) is 4.52 Å². The van der Waals surface area contributed by atoms with E-state index in [0.717, 1.165) is 49.7 Å². The van der Waals surface area contributed by atoms with E-state index in [1.54, 1.807) is 18.4 Å². The number of aryl methyl sites for hydroxylation is 1. The van der Waals surface area contributed by atoms with Gasteiger partial charge < -0.3 is 15.2 Å². The van der Waals surface area contributed by atoms with Crippen molar-refractivity contribution in [2.45, 2.75) is 26.2 Å². The molecule has 0 aliphatic carbocycles. The molecule has 0 saturated heterocycles. The standard InChI is InChI=1S/C20H25N5OS/c1-3-18-24-19(26-25-18)16-8-6-15(7-9-16)10-12-22-20(21-2)23-13-11-17-5-4-14-27-17/h4-9,14H,3,10-13H2,1-2H3,(H2,21,22,23). The highest BCUT2D eigenvalue weighted by Gasteiger charge is 2.07. The summed E-state index contributed by atoms with van der Waals surface area (Å²) < 4.78 is 5.28. The number of nitrogens with zero attached hydrogens (tertiary/aromatic N) is 3. The largest absolute Gasteiger partial charge is 0.356 e. The first kappa shape index (κ1) is 19.1. The first-order valence-electron chi connectivity index (χ1n) is 9.17. The van der Waals surface area contributed by atoms with Crippen LogP contribution in [0.4, 0.5) is 0 Å². The highest BCUT2D eigenvalue weighted by Crippen LogP contribution is 2.18. The van der Waals surface area contributed by atoms with Crippen LogP contribution >= 0.6 is 11.3 Å². The summed E-state index contributed by atoms with van der Waals surface area (Å²) in [7, 11) is 1.80. The van der Waals surface area contributed by atoms with E-state index < -0.39 is 0 Å². The molecule has 27 heavy (non-hydrogen) atoms. The maximum Gasteiger partial charge on any atom is 0.257 e. The minimum absolute atomic E-state index is 0.576. The van der Waals surface area contributed by atoms with Crippen LogP contribution in [0.5, 0.6) is 0 Å². The number of hydrogen-bond acceptors (Lipinski definition) is 5. The molecule has 3 rings (SSSR count). The molecule has 3 aromatic rings. The zero-order valence-corrected chi connectivity index (χ0v) is 16.6. The summed E-state index contributed by atoms with van der Waals surface area (Å²) in [6, 6.07) is 12.5. The average molecular weight is 384 g/mol. The Hall–Kier alpha value is -2.67. The van der Waals surface area contributed by atoms with Gasteiger partial charge in [-0.15, -0.1) is 11.3 Å². The molecule has 142 valence electrons. The molecule has 0 bridgehead atoms. The first-order valence-corrected chi connectivity index (χ1v) is 10.0. The Morgan fingerprint density at radius 2 is 1.89 bits per heavy atom. The maximum atomic E-state index is 5.28. The summed E-state index contributed by atoms with van der Waals surface area (Å²) in [6.07, 6.45) is 2.70. The summed E-state index contributed by atoms with van der Waals surface area (Å²) in [5.74, 6) is 2.14. The van der Waals surface area contributed by atoms with E-state index in [1.807, 2.05) is 19.1 Å². The molecular weight excluding hydrogens is 358 g/mol. The van der Waals surface area contributed by atoms with Crippen molar-refractivity contribution in [1.29, 1.82) is 0 Å². The van der Waals surface area contributed by atoms with Crippen molar-refractivity contribution >= 4 is 17.3 Å². The summed E-state index contributed by atoms with van der Waals surface area (Å²) in [6.45, 7) is 3.70. The highest BCUT2D eigenvalue weighted by molar-refractivity contribution is 7.09. The van der Waals surface area contributed by atoms with Crippen LogP contribution in [-0.4, -0.2) is 36.2 Å². The Morgan fingerprint density at radius 1 is 1.11 bits per heavy atom. The van der Waals surface area contributed by atoms with Gasteiger partial charge in [-0.05, 0) is 42.0 Å². The molecule has 0 amide bonds. The third-order valence-corrected chi connectivity index (χ3v) is 5.10. The van der Waals surface area contributed by atoms with E-state index >= 15 is 0 Å². The lowest BCUT2D eigenvalue weighted by molar-refractivity contribution is 0.423. The minimum Gasteiger partial charge on any atom is -0.356 e. The highest BCUT2D eigenvalue weighted by atomic mass is 32.1. The lowest BCUT2D eigenvalue weighted by atomic mass is 10.1. The van der Waals surface area contributed by atoms with Crippen molar-refractivity contribution < 1.29 is 4.52 Å². The van der Waals surface area contributed by atoms with Gasteiger partial charge in [0.15, 0.2) is 11.8 Å². The smallest absolute Gasteiger partial charge is 0.257 e. The van der Waals surface area contributed by atoms with Gasteiger partial charge in [-0.1, -0.05) is 30.3 Å². The summed E-state index contributed by atoms with van der Waals surface area (Å²) in [5.41, 5.74) is 2.19. The number of aliphatic imine (C=N–C) groups is 1. The van der Waals surface area contributed by atoms with Crippen molar-refractivity contribution in [2.75, 3.05) is 20.1 Å². The number of aromatic nitrogens is 2. The zero-order valence-electron chi connectivity index (χ0n) is 15.7. The van der Waals surface area contributed by atoms with E-state index in [0.29, 0.717) is 5.89 Å². The Morgan fingerprint density at radius 3 is 2.52 bits per heavy atom. The molecule has 0 saturated carbocycles. The number of hydrogen-bond donors (Lipinski definition) is 2. The molecule has 0 unspecified atom stereocenters. The van der Waals surface area contributed by atoms with Gasteiger partial charge in [-0.3, -0.25) is 4.99 Å². The molecule has 0 aliphatic rings. The number of benzene rings is 1. The molecular formula is C20H25N5OS. The van der Waals surface area contributed by atoms with Gasteiger partial charge >= 0.3 is 0 Å². The van der Waals surface area contributed by atoms with Crippen LogP contribution in [0.2, 0.25) is 0 Å². The SMILES string of the molecule is CCc1noc(-c2ccc(CCNC(=NC)NCCc3cccs3)cc2)n1. The first-order chi connectivity index (χ1) is 13.3. The zero-order chi connectivity index (χ0) is 18.9. The minimum atomic E-state index is 0.576. The van der Waals surface area contributed by atoms with Crippen LogP contribution in [0.15, 0.2) is 51.3 Å². The Balaban J connectivity index is 1.42. The van der Waals surface area contributed by atoms with Crippen molar-refractivity contribution in [3.05, 3.63) is 58.0 Å². The fourth-order valence-electron chi connectivity index (χ4n) is 2.63. The fourth-order valence-corrected chi connectivity index (χ4v) is 3.34. The lowest BCUT2D eigenvalue weighted by Crippen LogP contribution is -2.39. The molecule has 2 aromatic heterocycles. The predicted molar refractivity (Wildman–Crippen MR) is 110 cm³/mol. The van der Waals surface area contributed by atoms with Gasteiger partial charge in [-0.25, -0.2) is 0 Å². The number of nitrogens with one attached hydrogen (secondary N) is 2. The summed E-state index contributed by atoms with van der Waals surface area (Å²) in [5, 5.41) is 12.7. The molecule has 0 fully saturated rings. The molecule has 0 atom stereocenters. The van der Waals surface area contributed by atoms with E-state index in [1.165, 1.54) is 10.4 Å².